The molecule has 4 heteroatoms. The molecular formula is C15H13ClN2O. The van der Waals surface area contributed by atoms with Crippen molar-refractivity contribution in [2.45, 2.75) is 19.4 Å². The number of aromatic nitrogens is 1. The van der Waals surface area contributed by atoms with Gasteiger partial charge in [0.2, 0.25) is 0 Å². The fourth-order valence-electron chi connectivity index (χ4n) is 1.74. The first-order valence-electron chi connectivity index (χ1n) is 5.98. The van der Waals surface area contributed by atoms with Crippen LogP contribution in [0.25, 0.3) is 10.9 Å². The van der Waals surface area contributed by atoms with Gasteiger partial charge in [-0.05, 0) is 18.6 Å². The number of pyridine rings is 1. The quantitative estimate of drug-likeness (QED) is 0.873. The number of carbonyl (C=O) groups excluding carboxylic acids is 1. The molecule has 1 heterocycles. The van der Waals surface area contributed by atoms with Crippen LogP contribution < -0.4 is 5.32 Å². The van der Waals surface area contributed by atoms with Gasteiger partial charge in [0.05, 0.1) is 16.6 Å². The number of nitrogens with one attached hydrogen (secondary N) is 1. The van der Waals surface area contributed by atoms with Gasteiger partial charge in [-0.3, -0.25) is 4.79 Å². The van der Waals surface area contributed by atoms with Crippen molar-refractivity contribution in [3.05, 3.63) is 41.0 Å². The molecule has 1 aromatic heterocycles. The lowest BCUT2D eigenvalue weighted by molar-refractivity contribution is 0.0940. The van der Waals surface area contributed by atoms with Crippen LogP contribution in [0.2, 0.25) is 5.02 Å². The Morgan fingerprint density at radius 2 is 2.26 bits per heavy atom. The van der Waals surface area contributed by atoms with Gasteiger partial charge >= 0.3 is 0 Å². The van der Waals surface area contributed by atoms with E-state index in [1.807, 2.05) is 31.2 Å². The lowest BCUT2D eigenvalue weighted by atomic mass is 10.2. The molecule has 0 spiro atoms. The topological polar surface area (TPSA) is 42.0 Å². The first kappa shape index (κ1) is 13.4. The number of halogens is 1. The third-order valence-electron chi connectivity index (χ3n) is 2.81. The summed E-state index contributed by atoms with van der Waals surface area (Å²) in [6.45, 7) is 1.91. The van der Waals surface area contributed by atoms with E-state index >= 15 is 0 Å². The van der Waals surface area contributed by atoms with E-state index in [9.17, 15) is 4.79 Å². The molecule has 19 heavy (non-hydrogen) atoms. The van der Waals surface area contributed by atoms with Crippen LogP contribution in [0.4, 0.5) is 0 Å². The molecule has 0 aliphatic rings. The molecule has 0 radical (unpaired) electrons. The van der Waals surface area contributed by atoms with Crippen molar-refractivity contribution in [2.75, 3.05) is 0 Å². The van der Waals surface area contributed by atoms with Crippen LogP contribution >= 0.6 is 11.6 Å². The van der Waals surface area contributed by atoms with Crippen molar-refractivity contribution in [2.24, 2.45) is 0 Å². The molecule has 0 fully saturated rings. The van der Waals surface area contributed by atoms with E-state index in [0.717, 1.165) is 5.39 Å². The van der Waals surface area contributed by atoms with Crippen molar-refractivity contribution in [1.82, 2.24) is 10.3 Å². The fraction of sp³-hybridized carbons (Fsp3) is 0.200. The molecular weight excluding hydrogens is 260 g/mol. The standard InChI is InChI=1S/C15H13ClN2O/c1-3-10(4-2)17-15(19)14-9-12(16)11-7-5-6-8-13(11)18-14/h1,5-10H,4H2,2H3,(H,17,19). The van der Waals surface area contributed by atoms with Gasteiger partial charge in [0.1, 0.15) is 5.69 Å². The third-order valence-corrected chi connectivity index (χ3v) is 3.13. The Kier molecular flexibility index (Phi) is 4.03. The average Bonchev–Trinajstić information content (AvgIpc) is 2.44. The number of benzene rings is 1. The van der Waals surface area contributed by atoms with Gasteiger partial charge in [0, 0.05) is 5.39 Å². The van der Waals surface area contributed by atoms with Crippen molar-refractivity contribution in [1.29, 1.82) is 0 Å². The molecule has 0 aliphatic carbocycles. The highest BCUT2D eigenvalue weighted by Crippen LogP contribution is 2.22. The molecule has 0 saturated carbocycles. The Labute approximate surface area is 117 Å². The molecule has 0 aliphatic heterocycles. The molecule has 96 valence electrons. The average molecular weight is 273 g/mol. The minimum absolute atomic E-state index is 0.275. The zero-order valence-electron chi connectivity index (χ0n) is 10.5. The third kappa shape index (κ3) is 2.86. The van der Waals surface area contributed by atoms with E-state index in [1.165, 1.54) is 0 Å². The van der Waals surface area contributed by atoms with Crippen LogP contribution in [0.15, 0.2) is 30.3 Å². The maximum atomic E-state index is 12.0. The number of para-hydroxylation sites is 1. The maximum absolute atomic E-state index is 12.0. The van der Waals surface area contributed by atoms with Gasteiger partial charge in [-0.25, -0.2) is 4.98 Å². The van der Waals surface area contributed by atoms with Gasteiger partial charge in [-0.15, -0.1) is 6.42 Å². The number of terminal acetylenes is 1. The van der Waals surface area contributed by atoms with Crippen molar-refractivity contribution in [3.63, 3.8) is 0 Å². The van der Waals surface area contributed by atoms with E-state index in [-0.39, 0.29) is 17.6 Å². The lowest BCUT2D eigenvalue weighted by Crippen LogP contribution is -2.33. The highest BCUT2D eigenvalue weighted by molar-refractivity contribution is 6.35. The second-order valence-electron chi connectivity index (χ2n) is 4.11. The van der Waals surface area contributed by atoms with E-state index in [1.54, 1.807) is 6.07 Å². The molecule has 2 aromatic rings. The summed E-state index contributed by atoms with van der Waals surface area (Å²) in [6.07, 6.45) is 5.99. The summed E-state index contributed by atoms with van der Waals surface area (Å²) in [5, 5.41) is 4.06. The van der Waals surface area contributed by atoms with Gasteiger partial charge in [-0.1, -0.05) is 42.6 Å². The highest BCUT2D eigenvalue weighted by Gasteiger charge is 2.13. The van der Waals surface area contributed by atoms with Crippen LogP contribution in [0, 0.1) is 12.3 Å². The van der Waals surface area contributed by atoms with E-state index in [0.29, 0.717) is 17.0 Å². The Balaban J connectivity index is 2.36. The Morgan fingerprint density at radius 3 is 2.95 bits per heavy atom. The predicted molar refractivity (Wildman–Crippen MR) is 77.1 cm³/mol. The molecule has 1 amide bonds. The normalized spacial score (nSPS) is 11.8. The summed E-state index contributed by atoms with van der Waals surface area (Å²) in [4.78, 5) is 16.3. The summed E-state index contributed by atoms with van der Waals surface area (Å²) >= 11 is 6.15. The van der Waals surface area contributed by atoms with E-state index in [2.05, 4.69) is 16.2 Å². The zero-order valence-corrected chi connectivity index (χ0v) is 11.2. The van der Waals surface area contributed by atoms with Crippen LogP contribution in [0.1, 0.15) is 23.8 Å². The Bertz CT molecular complexity index is 661. The smallest absolute Gasteiger partial charge is 0.270 e. The number of hydrogen-bond acceptors (Lipinski definition) is 2. The number of rotatable bonds is 3. The number of carbonyl (C=O) groups is 1. The van der Waals surface area contributed by atoms with Gasteiger partial charge in [-0.2, -0.15) is 0 Å². The minimum Gasteiger partial charge on any atom is -0.337 e. The second-order valence-corrected chi connectivity index (χ2v) is 4.51. The number of amides is 1. The van der Waals surface area contributed by atoms with Crippen molar-refractivity contribution >= 4 is 28.4 Å². The molecule has 3 nitrogen and oxygen atoms in total. The summed E-state index contributed by atoms with van der Waals surface area (Å²) in [6, 6.07) is 8.67. The monoisotopic (exact) mass is 272 g/mol. The van der Waals surface area contributed by atoms with Crippen LogP contribution in [0.3, 0.4) is 0 Å². The van der Waals surface area contributed by atoms with Crippen molar-refractivity contribution < 1.29 is 4.79 Å². The van der Waals surface area contributed by atoms with Gasteiger partial charge < -0.3 is 5.32 Å². The van der Waals surface area contributed by atoms with Crippen molar-refractivity contribution in [3.8, 4) is 12.3 Å². The van der Waals surface area contributed by atoms with Gasteiger partial charge in [0.15, 0.2) is 0 Å². The highest BCUT2D eigenvalue weighted by atomic mass is 35.5. The van der Waals surface area contributed by atoms with Crippen LogP contribution in [0.5, 0.6) is 0 Å². The fourth-order valence-corrected chi connectivity index (χ4v) is 2.01. The second kappa shape index (κ2) is 5.73. The van der Waals surface area contributed by atoms with Gasteiger partial charge in [0.25, 0.3) is 5.91 Å². The molecule has 1 unspecified atom stereocenters. The first-order valence-corrected chi connectivity index (χ1v) is 6.35. The molecule has 1 atom stereocenters. The number of fused-ring (bicyclic) bond motifs is 1. The number of nitrogens with zero attached hydrogens (tertiary/aromatic N) is 1. The molecule has 0 saturated heterocycles. The SMILES string of the molecule is C#CC(CC)NC(=O)c1cc(Cl)c2ccccc2n1. The Morgan fingerprint density at radius 1 is 1.53 bits per heavy atom. The predicted octanol–water partition coefficient (Wildman–Crippen LogP) is 3.03. The summed E-state index contributed by atoms with van der Waals surface area (Å²) in [5.74, 6) is 2.20. The molecule has 0 bridgehead atoms. The summed E-state index contributed by atoms with van der Waals surface area (Å²) < 4.78 is 0. The minimum atomic E-state index is -0.308. The summed E-state index contributed by atoms with van der Waals surface area (Å²) in [5.41, 5.74) is 0.964. The maximum Gasteiger partial charge on any atom is 0.270 e. The summed E-state index contributed by atoms with van der Waals surface area (Å²) in [7, 11) is 0. The molecule has 2 rings (SSSR count). The lowest BCUT2D eigenvalue weighted by Gasteiger charge is -2.11. The molecule has 1 aromatic carbocycles. The zero-order chi connectivity index (χ0) is 13.8. The largest absolute Gasteiger partial charge is 0.337 e. The van der Waals surface area contributed by atoms with E-state index < -0.39 is 0 Å². The van der Waals surface area contributed by atoms with Crippen LogP contribution in [-0.4, -0.2) is 16.9 Å². The van der Waals surface area contributed by atoms with E-state index in [4.69, 9.17) is 18.0 Å². The molecule has 1 N–H and O–H groups in total. The Hall–Kier alpha value is -2.05. The first-order chi connectivity index (χ1) is 9.15. The number of hydrogen-bond donors (Lipinski definition) is 1. The van der Waals surface area contributed by atoms with Crippen LogP contribution in [-0.2, 0) is 0 Å².